The average Bonchev–Trinajstić information content (AvgIpc) is 3.19. The molecule has 5 N–H and O–H groups in total. The minimum absolute atomic E-state index is 0.0884. The van der Waals surface area contributed by atoms with Crippen LogP contribution in [0.15, 0.2) is 12.2 Å². The van der Waals surface area contributed by atoms with Crippen LogP contribution in [0.25, 0.3) is 0 Å². The van der Waals surface area contributed by atoms with Crippen LogP contribution in [-0.2, 0) is 32.7 Å². The fourth-order valence-corrected chi connectivity index (χ4v) is 7.34. The molecular weight excluding hydrogens is 763 g/mol. The Labute approximate surface area is 352 Å². The van der Waals surface area contributed by atoms with E-state index < -0.39 is 64.0 Å². The summed E-state index contributed by atoms with van der Waals surface area (Å²) in [6.45, 7) is 4.51. The first-order chi connectivity index (χ1) is 27.9. The number of esters is 2. The van der Waals surface area contributed by atoms with Crippen LogP contribution in [-0.4, -0.2) is 88.1 Å². The van der Waals surface area contributed by atoms with E-state index >= 15 is 0 Å². The van der Waals surface area contributed by atoms with Gasteiger partial charge in [-0.2, -0.15) is 0 Å². The molecule has 0 bridgehead atoms. The molecule has 0 fully saturated rings. The molecule has 0 amide bonds. The molecule has 1 unspecified atom stereocenters. The summed E-state index contributed by atoms with van der Waals surface area (Å²) in [6.07, 6.45) is 29.1. The standard InChI is InChI=1S/C45H87O12P/c1-4-5-6-7-21-26-31-42(48)43(49)32-27-22-19-24-29-34-45(51)57-41(38-56-58(52,53)55-36-40(47)35-46)37-54-44(50)33-28-23-18-16-14-12-10-8-9-11-13-15-17-20-25-30-39(2)3/h21,26,39-43,46-49H,4-20,22-25,27-38H2,1-3H3,(H,52,53)/b26-21-/t40-,41+,42-,43-/m0/s1. The van der Waals surface area contributed by atoms with Crippen molar-refractivity contribution in [2.45, 2.75) is 231 Å². The van der Waals surface area contributed by atoms with Gasteiger partial charge in [0.2, 0.25) is 0 Å². The molecule has 58 heavy (non-hydrogen) atoms. The van der Waals surface area contributed by atoms with E-state index in [0.717, 1.165) is 63.7 Å². The second-order valence-corrected chi connectivity index (χ2v) is 18.0. The maximum Gasteiger partial charge on any atom is 0.472 e. The molecule has 12 nitrogen and oxygen atoms in total. The summed E-state index contributed by atoms with van der Waals surface area (Å²) in [4.78, 5) is 35.1. The van der Waals surface area contributed by atoms with Crippen molar-refractivity contribution in [3.8, 4) is 0 Å². The van der Waals surface area contributed by atoms with Crippen LogP contribution in [0.2, 0.25) is 0 Å². The number of unbranched alkanes of at least 4 members (excludes halogenated alkanes) is 21. The number of aliphatic hydroxyl groups excluding tert-OH is 4. The number of hydrogen-bond donors (Lipinski definition) is 5. The van der Waals surface area contributed by atoms with E-state index in [1.165, 1.54) is 89.9 Å². The first-order valence-corrected chi connectivity index (χ1v) is 24.7. The van der Waals surface area contributed by atoms with Gasteiger partial charge in [0.05, 0.1) is 32.0 Å². The largest absolute Gasteiger partial charge is 0.472 e. The number of phosphoric acid groups is 1. The van der Waals surface area contributed by atoms with Gasteiger partial charge in [-0.1, -0.05) is 168 Å². The minimum atomic E-state index is -4.66. The van der Waals surface area contributed by atoms with Crippen LogP contribution in [0.1, 0.15) is 207 Å². The zero-order valence-corrected chi connectivity index (χ0v) is 37.8. The normalized spacial score (nSPS) is 15.1. The van der Waals surface area contributed by atoms with Gasteiger partial charge < -0.3 is 34.8 Å². The third-order valence-corrected chi connectivity index (χ3v) is 11.2. The van der Waals surface area contributed by atoms with E-state index in [1.807, 2.05) is 6.08 Å². The van der Waals surface area contributed by atoms with Crippen molar-refractivity contribution in [1.29, 1.82) is 0 Å². The van der Waals surface area contributed by atoms with Gasteiger partial charge in [0.25, 0.3) is 0 Å². The number of allylic oxidation sites excluding steroid dienone is 1. The monoisotopic (exact) mass is 851 g/mol. The molecular formula is C45H87O12P. The molecule has 5 atom stereocenters. The number of rotatable bonds is 43. The lowest BCUT2D eigenvalue weighted by Crippen LogP contribution is -2.29. The lowest BCUT2D eigenvalue weighted by Gasteiger charge is -2.20. The molecule has 0 saturated heterocycles. The highest BCUT2D eigenvalue weighted by Gasteiger charge is 2.27. The Morgan fingerprint density at radius 2 is 1.07 bits per heavy atom. The predicted molar refractivity (Wildman–Crippen MR) is 231 cm³/mol. The van der Waals surface area contributed by atoms with Crippen LogP contribution in [0.4, 0.5) is 0 Å². The Bertz CT molecular complexity index is 1030. The van der Waals surface area contributed by atoms with Gasteiger partial charge in [-0.25, -0.2) is 4.57 Å². The van der Waals surface area contributed by atoms with Crippen molar-refractivity contribution >= 4 is 19.8 Å². The second-order valence-electron chi connectivity index (χ2n) is 16.6. The molecule has 0 heterocycles. The topological polar surface area (TPSA) is 189 Å². The molecule has 0 rings (SSSR count). The highest BCUT2D eigenvalue weighted by Crippen LogP contribution is 2.43. The van der Waals surface area contributed by atoms with Gasteiger partial charge in [-0.3, -0.25) is 18.6 Å². The summed E-state index contributed by atoms with van der Waals surface area (Å²) in [5.41, 5.74) is 0. The van der Waals surface area contributed by atoms with E-state index in [2.05, 4.69) is 31.4 Å². The first kappa shape index (κ1) is 56.6. The van der Waals surface area contributed by atoms with Crippen molar-refractivity contribution < 1.29 is 58.0 Å². The molecule has 344 valence electrons. The number of aliphatic hydroxyl groups is 4. The van der Waals surface area contributed by atoms with Crippen molar-refractivity contribution in [1.82, 2.24) is 0 Å². The molecule has 0 spiro atoms. The minimum Gasteiger partial charge on any atom is -0.462 e. The summed E-state index contributed by atoms with van der Waals surface area (Å²) in [7, 11) is -4.66. The van der Waals surface area contributed by atoms with E-state index in [4.69, 9.17) is 19.1 Å². The molecule has 0 radical (unpaired) electrons. The van der Waals surface area contributed by atoms with Crippen molar-refractivity contribution in [2.75, 3.05) is 26.4 Å². The third-order valence-electron chi connectivity index (χ3n) is 10.3. The Balaban J connectivity index is 4.33. The smallest absolute Gasteiger partial charge is 0.462 e. The molecule has 0 aromatic heterocycles. The van der Waals surface area contributed by atoms with Crippen LogP contribution < -0.4 is 0 Å². The van der Waals surface area contributed by atoms with Crippen molar-refractivity contribution in [2.24, 2.45) is 5.92 Å². The SMILES string of the molecule is CCCCC/C=C\C[C@H](O)[C@@H](O)CCCCCCCC(=O)O[C@H](COC(=O)CCCCCCCCCCCCCCCCCC(C)C)COP(=O)(O)OC[C@@H](O)CO. The van der Waals surface area contributed by atoms with Gasteiger partial charge in [-0.05, 0) is 44.4 Å². The summed E-state index contributed by atoms with van der Waals surface area (Å²) in [5.74, 6) is -0.205. The summed E-state index contributed by atoms with van der Waals surface area (Å²) in [6, 6.07) is 0. The predicted octanol–water partition coefficient (Wildman–Crippen LogP) is 10.2. The lowest BCUT2D eigenvalue weighted by atomic mass is 10.0. The maximum absolute atomic E-state index is 12.6. The Morgan fingerprint density at radius 1 is 0.586 bits per heavy atom. The fraction of sp³-hybridized carbons (Fsp3) is 0.911. The van der Waals surface area contributed by atoms with Crippen LogP contribution in [0.3, 0.4) is 0 Å². The van der Waals surface area contributed by atoms with Crippen molar-refractivity contribution in [3.05, 3.63) is 12.2 Å². The number of carbonyl (C=O) groups excluding carboxylic acids is 2. The van der Waals surface area contributed by atoms with Gasteiger partial charge in [0, 0.05) is 12.8 Å². The molecule has 0 aliphatic heterocycles. The molecule has 13 heteroatoms. The van der Waals surface area contributed by atoms with Crippen LogP contribution >= 0.6 is 7.82 Å². The average molecular weight is 851 g/mol. The zero-order chi connectivity index (χ0) is 43.1. The van der Waals surface area contributed by atoms with E-state index in [0.29, 0.717) is 25.7 Å². The Morgan fingerprint density at radius 3 is 1.59 bits per heavy atom. The summed E-state index contributed by atoms with van der Waals surface area (Å²) >= 11 is 0. The number of carbonyl (C=O) groups is 2. The van der Waals surface area contributed by atoms with Gasteiger partial charge in [0.1, 0.15) is 12.7 Å². The van der Waals surface area contributed by atoms with E-state index in [9.17, 15) is 34.4 Å². The van der Waals surface area contributed by atoms with Gasteiger partial charge >= 0.3 is 19.8 Å². The third kappa shape index (κ3) is 38.8. The van der Waals surface area contributed by atoms with Crippen LogP contribution in [0, 0.1) is 5.92 Å². The van der Waals surface area contributed by atoms with E-state index in [1.54, 1.807) is 0 Å². The quantitative estimate of drug-likeness (QED) is 0.0169. The first-order valence-electron chi connectivity index (χ1n) is 23.2. The van der Waals surface area contributed by atoms with Crippen molar-refractivity contribution in [3.63, 3.8) is 0 Å². The maximum atomic E-state index is 12.6. The van der Waals surface area contributed by atoms with Gasteiger partial charge in [0.15, 0.2) is 6.10 Å². The molecule has 0 aromatic carbocycles. The fourth-order valence-electron chi connectivity index (χ4n) is 6.55. The summed E-state index contributed by atoms with van der Waals surface area (Å²) < 4.78 is 32.7. The molecule has 0 aromatic rings. The van der Waals surface area contributed by atoms with Crippen LogP contribution in [0.5, 0.6) is 0 Å². The number of phosphoric ester groups is 1. The Kier molecular flexibility index (Phi) is 38.8. The highest BCUT2D eigenvalue weighted by atomic mass is 31.2. The van der Waals surface area contributed by atoms with Gasteiger partial charge in [-0.15, -0.1) is 0 Å². The zero-order valence-electron chi connectivity index (χ0n) is 36.9. The molecule has 0 aliphatic rings. The van der Waals surface area contributed by atoms with E-state index in [-0.39, 0.29) is 19.4 Å². The number of ether oxygens (including phenoxy) is 2. The molecule has 0 aliphatic carbocycles. The second kappa shape index (κ2) is 39.7. The number of hydrogen-bond acceptors (Lipinski definition) is 11. The highest BCUT2D eigenvalue weighted by molar-refractivity contribution is 7.47. The molecule has 0 saturated carbocycles. The summed E-state index contributed by atoms with van der Waals surface area (Å²) in [5, 5.41) is 38.8. The lowest BCUT2D eigenvalue weighted by molar-refractivity contribution is -0.161. The Hall–Kier alpha value is -1.37.